The van der Waals surface area contributed by atoms with Crippen LogP contribution in [0.1, 0.15) is 57.9 Å². The van der Waals surface area contributed by atoms with Crippen LogP contribution >= 0.6 is 11.3 Å². The minimum absolute atomic E-state index is 0.173. The fraction of sp³-hybridized carbons (Fsp3) is 0.192. The lowest BCUT2D eigenvalue weighted by Crippen LogP contribution is -2.23. The molecular weight excluding hydrogens is 418 g/mol. The van der Waals surface area contributed by atoms with Gasteiger partial charge in [0.1, 0.15) is 0 Å². The molecule has 1 atom stereocenters. The fourth-order valence-electron chi connectivity index (χ4n) is 3.59. The molecule has 0 radical (unpaired) electrons. The van der Waals surface area contributed by atoms with Crippen LogP contribution in [0, 0.1) is 0 Å². The van der Waals surface area contributed by atoms with Gasteiger partial charge in [0.05, 0.1) is 17.3 Å². The molecule has 0 aliphatic heterocycles. The molecule has 4 aromatic rings. The number of rotatable bonds is 8. The Bertz CT molecular complexity index is 1190. The molecule has 0 saturated carbocycles. The molecule has 0 spiro atoms. The van der Waals surface area contributed by atoms with E-state index in [1.165, 1.54) is 5.56 Å². The number of benzene rings is 2. The topological polar surface area (TPSA) is 75.1 Å². The third-order valence-corrected chi connectivity index (χ3v) is 6.32. The summed E-state index contributed by atoms with van der Waals surface area (Å²) in [5.41, 5.74) is 4.13. The van der Waals surface area contributed by atoms with E-state index < -0.39 is 5.97 Å². The number of carboxylic acid groups (broad SMARTS) is 1. The van der Waals surface area contributed by atoms with E-state index in [-0.39, 0.29) is 6.04 Å². The van der Waals surface area contributed by atoms with Crippen molar-refractivity contribution in [2.45, 2.75) is 32.4 Å². The van der Waals surface area contributed by atoms with Crippen LogP contribution in [-0.4, -0.2) is 21.0 Å². The van der Waals surface area contributed by atoms with Crippen molar-refractivity contribution in [3.8, 4) is 11.4 Å². The molecular formula is C26H25N3O2S. The normalized spacial score (nSPS) is 12.1. The van der Waals surface area contributed by atoms with E-state index in [0.29, 0.717) is 23.9 Å². The van der Waals surface area contributed by atoms with E-state index in [2.05, 4.69) is 54.5 Å². The highest BCUT2D eigenvalue weighted by Crippen LogP contribution is 2.27. The van der Waals surface area contributed by atoms with Gasteiger partial charge in [-0.2, -0.15) is 0 Å². The zero-order valence-corrected chi connectivity index (χ0v) is 18.8. The first-order valence-electron chi connectivity index (χ1n) is 10.5. The molecule has 2 heterocycles. The number of carboxylic acids is 1. The zero-order valence-electron chi connectivity index (χ0n) is 18.0. The Hall–Kier alpha value is -3.35. The molecule has 5 nitrogen and oxygen atoms in total. The Morgan fingerprint density at radius 1 is 1.03 bits per heavy atom. The smallest absolute Gasteiger partial charge is 0.336 e. The molecule has 2 aromatic carbocycles. The first-order chi connectivity index (χ1) is 15.5. The summed E-state index contributed by atoms with van der Waals surface area (Å²) in [6, 6.07) is 21.2. The molecule has 1 unspecified atom stereocenters. The molecule has 6 heteroatoms. The average molecular weight is 444 g/mol. The molecule has 0 saturated heterocycles. The van der Waals surface area contributed by atoms with E-state index in [1.54, 1.807) is 29.7 Å². The second-order valence-electron chi connectivity index (χ2n) is 7.87. The van der Waals surface area contributed by atoms with Gasteiger partial charge < -0.3 is 10.4 Å². The van der Waals surface area contributed by atoms with Crippen LogP contribution in [0.4, 0.5) is 0 Å². The number of nitrogens with one attached hydrogen (secondary N) is 1. The average Bonchev–Trinajstić information content (AvgIpc) is 3.34. The minimum atomic E-state index is -0.927. The monoisotopic (exact) mass is 443 g/mol. The highest BCUT2D eigenvalue weighted by atomic mass is 32.1. The lowest BCUT2D eigenvalue weighted by Gasteiger charge is -2.18. The summed E-state index contributed by atoms with van der Waals surface area (Å²) < 4.78 is 0. The lowest BCUT2D eigenvalue weighted by molar-refractivity contribution is 0.0695. The van der Waals surface area contributed by atoms with Gasteiger partial charge in [0.15, 0.2) is 5.82 Å². The van der Waals surface area contributed by atoms with Gasteiger partial charge in [0.25, 0.3) is 0 Å². The van der Waals surface area contributed by atoms with Gasteiger partial charge in [0, 0.05) is 23.2 Å². The number of hydrogen-bond acceptors (Lipinski definition) is 5. The molecule has 4 rings (SSSR count). The molecule has 0 aliphatic rings. The Morgan fingerprint density at radius 2 is 1.81 bits per heavy atom. The summed E-state index contributed by atoms with van der Waals surface area (Å²) in [5, 5.41) is 15.0. The van der Waals surface area contributed by atoms with Crippen molar-refractivity contribution in [1.29, 1.82) is 0 Å². The van der Waals surface area contributed by atoms with Crippen molar-refractivity contribution >= 4 is 17.3 Å². The van der Waals surface area contributed by atoms with Crippen LogP contribution in [0.3, 0.4) is 0 Å². The predicted octanol–water partition coefficient (Wildman–Crippen LogP) is 5.91. The van der Waals surface area contributed by atoms with Crippen molar-refractivity contribution in [3.63, 3.8) is 0 Å². The summed E-state index contributed by atoms with van der Waals surface area (Å²) in [6.45, 7) is 4.76. The van der Waals surface area contributed by atoms with Crippen molar-refractivity contribution in [3.05, 3.63) is 106 Å². The van der Waals surface area contributed by atoms with Crippen LogP contribution in [-0.2, 0) is 6.54 Å². The van der Waals surface area contributed by atoms with E-state index in [0.717, 1.165) is 21.7 Å². The summed E-state index contributed by atoms with van der Waals surface area (Å²) >= 11 is 1.64. The van der Waals surface area contributed by atoms with Gasteiger partial charge in [-0.3, -0.25) is 0 Å². The molecule has 0 fully saturated rings. The zero-order chi connectivity index (χ0) is 22.5. The van der Waals surface area contributed by atoms with Crippen LogP contribution in [0.15, 0.2) is 78.3 Å². The molecule has 2 aromatic heterocycles. The number of aromatic nitrogens is 2. The van der Waals surface area contributed by atoms with E-state index in [4.69, 9.17) is 4.98 Å². The van der Waals surface area contributed by atoms with Gasteiger partial charge in [-0.1, -0.05) is 62.4 Å². The second kappa shape index (κ2) is 9.85. The molecule has 0 bridgehead atoms. The maximum absolute atomic E-state index is 11.6. The Morgan fingerprint density at radius 3 is 2.50 bits per heavy atom. The maximum Gasteiger partial charge on any atom is 0.336 e. The number of hydrogen-bond donors (Lipinski definition) is 2. The third kappa shape index (κ3) is 4.93. The van der Waals surface area contributed by atoms with E-state index in [9.17, 15) is 9.90 Å². The van der Waals surface area contributed by atoms with Crippen LogP contribution in [0.2, 0.25) is 0 Å². The largest absolute Gasteiger partial charge is 0.478 e. The second-order valence-corrected chi connectivity index (χ2v) is 8.85. The quantitative estimate of drug-likeness (QED) is 0.354. The van der Waals surface area contributed by atoms with Crippen molar-refractivity contribution in [2.24, 2.45) is 0 Å². The SMILES string of the molecule is CC(C)c1ccc(-c2nccc(C(NCc3ccccc3C(=O)O)c3cccs3)n2)cc1. The minimum Gasteiger partial charge on any atom is -0.478 e. The van der Waals surface area contributed by atoms with Gasteiger partial charge in [0.2, 0.25) is 0 Å². The molecule has 0 amide bonds. The molecule has 162 valence electrons. The Balaban J connectivity index is 1.63. The summed E-state index contributed by atoms with van der Waals surface area (Å²) in [5.74, 6) is 0.216. The number of thiophene rings is 1. The van der Waals surface area contributed by atoms with Gasteiger partial charge >= 0.3 is 5.97 Å². The van der Waals surface area contributed by atoms with Gasteiger partial charge in [-0.15, -0.1) is 11.3 Å². The number of nitrogens with zero attached hydrogens (tertiary/aromatic N) is 2. The number of aromatic carboxylic acids is 1. The van der Waals surface area contributed by atoms with Crippen molar-refractivity contribution in [2.75, 3.05) is 0 Å². The fourth-order valence-corrected chi connectivity index (χ4v) is 4.40. The summed E-state index contributed by atoms with van der Waals surface area (Å²) in [4.78, 5) is 22.0. The number of carbonyl (C=O) groups is 1. The molecule has 32 heavy (non-hydrogen) atoms. The third-order valence-electron chi connectivity index (χ3n) is 5.38. The van der Waals surface area contributed by atoms with Gasteiger partial charge in [-0.05, 0) is 40.6 Å². The van der Waals surface area contributed by atoms with Crippen molar-refractivity contribution in [1.82, 2.24) is 15.3 Å². The van der Waals surface area contributed by atoms with Crippen molar-refractivity contribution < 1.29 is 9.90 Å². The first kappa shape index (κ1) is 21.9. The van der Waals surface area contributed by atoms with Crippen LogP contribution in [0.5, 0.6) is 0 Å². The highest BCUT2D eigenvalue weighted by molar-refractivity contribution is 7.10. The van der Waals surface area contributed by atoms with Crippen LogP contribution < -0.4 is 5.32 Å². The summed E-state index contributed by atoms with van der Waals surface area (Å²) in [7, 11) is 0. The Kier molecular flexibility index (Phi) is 6.73. The van der Waals surface area contributed by atoms with E-state index >= 15 is 0 Å². The highest BCUT2D eigenvalue weighted by Gasteiger charge is 2.19. The molecule has 2 N–H and O–H groups in total. The maximum atomic E-state index is 11.6. The lowest BCUT2D eigenvalue weighted by atomic mass is 10.0. The first-order valence-corrected chi connectivity index (χ1v) is 11.4. The molecule has 0 aliphatic carbocycles. The standard InChI is InChI=1S/C26H25N3O2S/c1-17(2)18-9-11-19(12-10-18)25-27-14-13-22(29-25)24(23-8-5-15-32-23)28-16-20-6-3-4-7-21(20)26(30)31/h3-15,17,24,28H,16H2,1-2H3,(H,30,31). The van der Waals surface area contributed by atoms with Crippen LogP contribution in [0.25, 0.3) is 11.4 Å². The predicted molar refractivity (Wildman–Crippen MR) is 128 cm³/mol. The Labute approximate surface area is 191 Å². The van der Waals surface area contributed by atoms with Gasteiger partial charge in [-0.25, -0.2) is 14.8 Å². The van der Waals surface area contributed by atoms with E-state index in [1.807, 2.05) is 29.6 Å². The summed E-state index contributed by atoms with van der Waals surface area (Å²) in [6.07, 6.45) is 1.78.